The van der Waals surface area contributed by atoms with Gasteiger partial charge in [0, 0.05) is 0 Å². The van der Waals surface area contributed by atoms with Crippen LogP contribution < -0.4 is 0 Å². The summed E-state index contributed by atoms with van der Waals surface area (Å²) in [4.78, 5) is 24.0. The maximum absolute atomic E-state index is 12.2. The number of unbranched alkanes of at least 4 members (excludes halogenated alkanes) is 3. The maximum Gasteiger partial charge on any atom is 0.309 e. The van der Waals surface area contributed by atoms with E-state index in [1.165, 1.54) is 12.8 Å². The minimum absolute atomic E-state index is 0.233. The Morgan fingerprint density at radius 3 is 2.16 bits per heavy atom. The van der Waals surface area contributed by atoms with E-state index < -0.39 is 23.3 Å². The van der Waals surface area contributed by atoms with Gasteiger partial charge in [-0.3, -0.25) is 9.59 Å². The molecule has 0 heterocycles. The van der Waals surface area contributed by atoms with Crippen LogP contribution in [-0.4, -0.2) is 22.2 Å². The van der Waals surface area contributed by atoms with Gasteiger partial charge in [0.1, 0.15) is 0 Å². The highest BCUT2D eigenvalue weighted by molar-refractivity contribution is 5.78. The highest BCUT2D eigenvalue weighted by Gasteiger charge is 2.52. The monoisotopic (exact) mass is 354 g/mol. The Morgan fingerprint density at radius 1 is 1.00 bits per heavy atom. The second-order valence-electron chi connectivity index (χ2n) is 8.89. The summed E-state index contributed by atoms with van der Waals surface area (Å²) in [5, 5.41) is 19.7. The van der Waals surface area contributed by atoms with Crippen molar-refractivity contribution in [3.8, 4) is 0 Å². The molecule has 4 nitrogen and oxygen atoms in total. The molecule has 1 rings (SSSR count). The van der Waals surface area contributed by atoms with E-state index >= 15 is 0 Å². The van der Waals surface area contributed by atoms with Crippen molar-refractivity contribution in [3.63, 3.8) is 0 Å². The molecule has 0 aromatic rings. The Balaban J connectivity index is 2.79. The van der Waals surface area contributed by atoms with Gasteiger partial charge in [-0.2, -0.15) is 0 Å². The summed E-state index contributed by atoms with van der Waals surface area (Å²) in [5.41, 5.74) is -0.854. The molecular formula is C21H38O4. The predicted octanol–water partition coefficient (Wildman–Crippen LogP) is 5.60. The van der Waals surface area contributed by atoms with Gasteiger partial charge in [-0.15, -0.1) is 0 Å². The predicted molar refractivity (Wildman–Crippen MR) is 101 cm³/mol. The quantitative estimate of drug-likeness (QED) is 0.473. The van der Waals surface area contributed by atoms with Gasteiger partial charge < -0.3 is 10.2 Å². The Kier molecular flexibility index (Phi) is 8.95. The summed E-state index contributed by atoms with van der Waals surface area (Å²) in [7, 11) is 0. The first kappa shape index (κ1) is 22.0. The summed E-state index contributed by atoms with van der Waals surface area (Å²) < 4.78 is 0. The van der Waals surface area contributed by atoms with Gasteiger partial charge in [-0.1, -0.05) is 66.2 Å². The second-order valence-corrected chi connectivity index (χ2v) is 8.89. The van der Waals surface area contributed by atoms with E-state index in [1.807, 2.05) is 13.8 Å². The van der Waals surface area contributed by atoms with E-state index in [0.717, 1.165) is 31.6 Å². The molecule has 0 bridgehead atoms. The molecule has 3 atom stereocenters. The zero-order valence-corrected chi connectivity index (χ0v) is 16.6. The van der Waals surface area contributed by atoms with Crippen LogP contribution in [-0.2, 0) is 9.59 Å². The van der Waals surface area contributed by atoms with E-state index in [4.69, 9.17) is 0 Å². The van der Waals surface area contributed by atoms with E-state index in [2.05, 4.69) is 13.8 Å². The number of hydrogen-bond acceptors (Lipinski definition) is 2. The Hall–Kier alpha value is -1.06. The zero-order chi connectivity index (χ0) is 19.0. The van der Waals surface area contributed by atoms with Crippen LogP contribution in [0.5, 0.6) is 0 Å². The third kappa shape index (κ3) is 6.31. The van der Waals surface area contributed by atoms with Gasteiger partial charge >= 0.3 is 11.9 Å². The average molecular weight is 355 g/mol. The summed E-state index contributed by atoms with van der Waals surface area (Å²) in [5.74, 6) is -1.34. The molecule has 146 valence electrons. The van der Waals surface area contributed by atoms with Gasteiger partial charge in [-0.25, -0.2) is 0 Å². The van der Waals surface area contributed by atoms with Crippen molar-refractivity contribution in [3.05, 3.63) is 0 Å². The highest BCUT2D eigenvalue weighted by Crippen LogP contribution is 2.51. The highest BCUT2D eigenvalue weighted by atomic mass is 16.4. The van der Waals surface area contributed by atoms with E-state index in [9.17, 15) is 19.8 Å². The lowest BCUT2D eigenvalue weighted by Gasteiger charge is -2.45. The molecule has 3 unspecified atom stereocenters. The fourth-order valence-corrected chi connectivity index (χ4v) is 4.79. The number of carboxylic acids is 2. The lowest BCUT2D eigenvalue weighted by molar-refractivity contribution is -0.165. The minimum Gasteiger partial charge on any atom is -0.481 e. The van der Waals surface area contributed by atoms with Crippen LogP contribution in [0, 0.1) is 29.1 Å². The molecular weight excluding hydrogens is 316 g/mol. The summed E-state index contributed by atoms with van der Waals surface area (Å²) >= 11 is 0. The van der Waals surface area contributed by atoms with Gasteiger partial charge in [0.05, 0.1) is 11.3 Å². The van der Waals surface area contributed by atoms with Gasteiger partial charge in [0.15, 0.2) is 0 Å². The molecule has 25 heavy (non-hydrogen) atoms. The molecule has 0 saturated heterocycles. The number of rotatable bonds is 11. The molecule has 1 aliphatic rings. The molecule has 2 N–H and O–H groups in total. The Bertz CT molecular complexity index is 430. The standard InChI is InChI=1S/C21H38O4/c1-15(2)10-7-5-6-8-12-18-17(19(22)23)11-9-13-21(18,20(24)25)14-16(3)4/h15-18H,5-14H2,1-4H3,(H,22,23)(H,24,25). The molecule has 1 aliphatic carbocycles. The number of carbonyl (C=O) groups is 2. The zero-order valence-electron chi connectivity index (χ0n) is 16.6. The number of aliphatic carboxylic acids is 2. The van der Waals surface area contributed by atoms with Crippen LogP contribution in [0.2, 0.25) is 0 Å². The average Bonchev–Trinajstić information content (AvgIpc) is 2.50. The third-order valence-corrected chi connectivity index (χ3v) is 5.90. The van der Waals surface area contributed by atoms with E-state index in [-0.39, 0.29) is 11.8 Å². The van der Waals surface area contributed by atoms with Crippen molar-refractivity contribution in [2.24, 2.45) is 29.1 Å². The second kappa shape index (κ2) is 10.2. The molecule has 0 aromatic heterocycles. The van der Waals surface area contributed by atoms with Crippen LogP contribution >= 0.6 is 0 Å². The Labute approximate surface area is 153 Å². The number of hydrogen-bond donors (Lipinski definition) is 2. The first-order valence-corrected chi connectivity index (χ1v) is 10.2. The summed E-state index contributed by atoms with van der Waals surface area (Å²) in [6.45, 7) is 8.54. The van der Waals surface area contributed by atoms with Crippen LogP contribution in [0.3, 0.4) is 0 Å². The van der Waals surface area contributed by atoms with Crippen molar-refractivity contribution in [2.75, 3.05) is 0 Å². The molecule has 4 heteroatoms. The smallest absolute Gasteiger partial charge is 0.309 e. The third-order valence-electron chi connectivity index (χ3n) is 5.90. The molecule has 1 saturated carbocycles. The molecule has 0 spiro atoms. The fraction of sp³-hybridized carbons (Fsp3) is 0.905. The van der Waals surface area contributed by atoms with E-state index in [1.54, 1.807) is 0 Å². The maximum atomic E-state index is 12.2. The van der Waals surface area contributed by atoms with Crippen LogP contribution in [0.15, 0.2) is 0 Å². The van der Waals surface area contributed by atoms with Crippen molar-refractivity contribution in [1.29, 1.82) is 0 Å². The minimum atomic E-state index is -0.854. The largest absolute Gasteiger partial charge is 0.481 e. The first-order valence-electron chi connectivity index (χ1n) is 10.2. The van der Waals surface area contributed by atoms with Crippen molar-refractivity contribution in [2.45, 2.75) is 91.9 Å². The van der Waals surface area contributed by atoms with Gasteiger partial charge in [-0.05, 0) is 43.4 Å². The van der Waals surface area contributed by atoms with Crippen LogP contribution in [0.25, 0.3) is 0 Å². The molecule has 0 aromatic carbocycles. The van der Waals surface area contributed by atoms with Crippen molar-refractivity contribution in [1.82, 2.24) is 0 Å². The van der Waals surface area contributed by atoms with Crippen molar-refractivity contribution < 1.29 is 19.8 Å². The molecule has 0 aliphatic heterocycles. The fourth-order valence-electron chi connectivity index (χ4n) is 4.79. The van der Waals surface area contributed by atoms with Crippen LogP contribution in [0.4, 0.5) is 0 Å². The molecule has 0 radical (unpaired) electrons. The Morgan fingerprint density at radius 2 is 1.64 bits per heavy atom. The summed E-state index contributed by atoms with van der Waals surface area (Å²) in [6.07, 6.45) is 8.90. The normalized spacial score (nSPS) is 27.0. The molecule has 0 amide bonds. The summed E-state index contributed by atoms with van der Waals surface area (Å²) in [6, 6.07) is 0. The SMILES string of the molecule is CC(C)CCCCCCC1C(C(=O)O)CCCC1(CC(C)C)C(=O)O. The topological polar surface area (TPSA) is 74.6 Å². The van der Waals surface area contributed by atoms with E-state index in [0.29, 0.717) is 25.7 Å². The first-order chi connectivity index (χ1) is 11.7. The van der Waals surface area contributed by atoms with Crippen LogP contribution in [0.1, 0.15) is 91.9 Å². The lowest BCUT2D eigenvalue weighted by Crippen LogP contribution is -2.48. The van der Waals surface area contributed by atoms with Crippen molar-refractivity contribution >= 4 is 11.9 Å². The lowest BCUT2D eigenvalue weighted by atomic mass is 9.57. The number of carboxylic acid groups (broad SMARTS) is 2. The van der Waals surface area contributed by atoms with Gasteiger partial charge in [0.25, 0.3) is 0 Å². The van der Waals surface area contributed by atoms with Gasteiger partial charge in [0.2, 0.25) is 0 Å². The molecule has 1 fully saturated rings.